The third-order valence-corrected chi connectivity index (χ3v) is 3.00. The van der Waals surface area contributed by atoms with Gasteiger partial charge >= 0.3 is 0 Å². The Bertz CT molecular complexity index is 484. The molecule has 2 nitrogen and oxygen atoms in total. The molecule has 0 radical (unpaired) electrons. The van der Waals surface area contributed by atoms with Crippen molar-refractivity contribution in [3.8, 4) is 0 Å². The summed E-state index contributed by atoms with van der Waals surface area (Å²) in [6, 6.07) is 8.46. The highest BCUT2D eigenvalue weighted by atomic mass is 16.1. The van der Waals surface area contributed by atoms with Crippen LogP contribution in [-0.4, -0.2) is 10.9 Å². The van der Waals surface area contributed by atoms with Gasteiger partial charge in [-0.1, -0.05) is 18.2 Å². The molecule has 0 amide bonds. The van der Waals surface area contributed by atoms with Crippen LogP contribution in [0.25, 0.3) is 10.9 Å². The van der Waals surface area contributed by atoms with Crippen molar-refractivity contribution < 1.29 is 4.79 Å². The summed E-state index contributed by atoms with van der Waals surface area (Å²) < 4.78 is 2.17. The van der Waals surface area contributed by atoms with E-state index in [0.717, 1.165) is 25.5 Å². The Hall–Kier alpha value is -1.57. The van der Waals surface area contributed by atoms with Gasteiger partial charge in [-0.15, -0.1) is 0 Å². The minimum atomic E-state index is 0.685. The Morgan fingerprint density at radius 3 is 2.88 bits per heavy atom. The number of benzene rings is 1. The van der Waals surface area contributed by atoms with Gasteiger partial charge in [-0.05, 0) is 30.9 Å². The summed E-state index contributed by atoms with van der Waals surface area (Å²) in [5.41, 5.74) is 2.68. The number of carbonyl (C=O) groups is 1. The van der Waals surface area contributed by atoms with E-state index in [1.54, 1.807) is 0 Å². The SMILES string of the molecule is Cn1cc(CCCCC=O)c2ccccc21. The zero-order chi connectivity index (χ0) is 11.4. The number of carbonyl (C=O) groups excluding carboxylic acids is 1. The Morgan fingerprint density at radius 1 is 1.25 bits per heavy atom. The van der Waals surface area contributed by atoms with Crippen LogP contribution in [0, 0.1) is 0 Å². The zero-order valence-electron chi connectivity index (χ0n) is 9.65. The molecular weight excluding hydrogens is 198 g/mol. The summed E-state index contributed by atoms with van der Waals surface area (Å²) in [5, 5.41) is 1.34. The van der Waals surface area contributed by atoms with Crippen LogP contribution in [0.5, 0.6) is 0 Å². The maximum Gasteiger partial charge on any atom is 0.119 e. The number of aldehydes is 1. The highest BCUT2D eigenvalue weighted by molar-refractivity contribution is 5.83. The summed E-state index contributed by atoms with van der Waals surface area (Å²) >= 11 is 0. The Morgan fingerprint density at radius 2 is 2.06 bits per heavy atom. The lowest BCUT2D eigenvalue weighted by Crippen LogP contribution is -1.85. The van der Waals surface area contributed by atoms with Crippen molar-refractivity contribution in [3.05, 3.63) is 36.0 Å². The normalized spacial score (nSPS) is 10.8. The molecule has 0 atom stereocenters. The number of aromatic nitrogens is 1. The van der Waals surface area contributed by atoms with Crippen LogP contribution in [-0.2, 0) is 18.3 Å². The van der Waals surface area contributed by atoms with Gasteiger partial charge < -0.3 is 9.36 Å². The third kappa shape index (κ3) is 2.16. The molecule has 2 rings (SSSR count). The van der Waals surface area contributed by atoms with E-state index in [1.807, 2.05) is 0 Å². The van der Waals surface area contributed by atoms with Crippen LogP contribution < -0.4 is 0 Å². The number of fused-ring (bicyclic) bond motifs is 1. The average molecular weight is 215 g/mol. The van der Waals surface area contributed by atoms with Crippen molar-refractivity contribution in [1.82, 2.24) is 4.57 Å². The lowest BCUT2D eigenvalue weighted by molar-refractivity contribution is -0.107. The predicted octanol–water partition coefficient (Wildman–Crippen LogP) is 3.09. The van der Waals surface area contributed by atoms with E-state index in [4.69, 9.17) is 0 Å². The third-order valence-electron chi connectivity index (χ3n) is 3.00. The van der Waals surface area contributed by atoms with Gasteiger partial charge in [0.25, 0.3) is 0 Å². The molecule has 0 aliphatic heterocycles. The van der Waals surface area contributed by atoms with Crippen LogP contribution in [0.4, 0.5) is 0 Å². The first-order valence-corrected chi connectivity index (χ1v) is 5.79. The highest BCUT2D eigenvalue weighted by Crippen LogP contribution is 2.21. The molecule has 16 heavy (non-hydrogen) atoms. The largest absolute Gasteiger partial charge is 0.350 e. The first-order valence-electron chi connectivity index (χ1n) is 5.79. The van der Waals surface area contributed by atoms with E-state index < -0.39 is 0 Å². The molecule has 2 heteroatoms. The van der Waals surface area contributed by atoms with Crippen molar-refractivity contribution in [2.75, 3.05) is 0 Å². The fraction of sp³-hybridized carbons (Fsp3) is 0.357. The molecule has 0 fully saturated rings. The molecule has 0 aliphatic carbocycles. The molecule has 0 saturated carbocycles. The van der Waals surface area contributed by atoms with Crippen LogP contribution >= 0.6 is 0 Å². The second kappa shape index (κ2) is 4.97. The Kier molecular flexibility index (Phi) is 3.40. The number of nitrogens with zero attached hydrogens (tertiary/aromatic N) is 1. The molecule has 1 heterocycles. The van der Waals surface area contributed by atoms with Gasteiger partial charge in [-0.25, -0.2) is 0 Å². The van der Waals surface area contributed by atoms with Gasteiger partial charge in [-0.3, -0.25) is 0 Å². The molecule has 0 saturated heterocycles. The molecule has 0 unspecified atom stereocenters. The van der Waals surface area contributed by atoms with Gasteiger partial charge in [0.1, 0.15) is 6.29 Å². The fourth-order valence-electron chi connectivity index (χ4n) is 2.17. The summed E-state index contributed by atoms with van der Waals surface area (Å²) in [6.45, 7) is 0. The second-order valence-electron chi connectivity index (χ2n) is 4.19. The standard InChI is InChI=1S/C14H17NO/c1-15-11-12(7-3-2-6-10-16)13-8-4-5-9-14(13)15/h4-5,8-11H,2-3,6-7H2,1H3. The number of rotatable bonds is 5. The summed E-state index contributed by atoms with van der Waals surface area (Å²) in [4.78, 5) is 10.2. The Balaban J connectivity index is 2.15. The van der Waals surface area contributed by atoms with Crippen LogP contribution in [0.3, 0.4) is 0 Å². The maximum atomic E-state index is 10.2. The van der Waals surface area contributed by atoms with Gasteiger partial charge in [0.05, 0.1) is 0 Å². The lowest BCUT2D eigenvalue weighted by Gasteiger charge is -1.97. The van der Waals surface area contributed by atoms with Gasteiger partial charge in [0.2, 0.25) is 0 Å². The van der Waals surface area contributed by atoms with Crippen molar-refractivity contribution in [3.63, 3.8) is 0 Å². The van der Waals surface area contributed by atoms with Crippen molar-refractivity contribution >= 4 is 17.2 Å². The van der Waals surface area contributed by atoms with E-state index >= 15 is 0 Å². The predicted molar refractivity (Wildman–Crippen MR) is 66.5 cm³/mol. The number of hydrogen-bond acceptors (Lipinski definition) is 1. The van der Waals surface area contributed by atoms with Crippen molar-refractivity contribution in [2.24, 2.45) is 7.05 Å². The van der Waals surface area contributed by atoms with Crippen LogP contribution in [0.1, 0.15) is 24.8 Å². The molecule has 0 aliphatic rings. The minimum absolute atomic E-state index is 0.685. The molecule has 0 spiro atoms. The maximum absolute atomic E-state index is 10.2. The summed E-state index contributed by atoms with van der Waals surface area (Å²) in [6.07, 6.45) is 7.04. The zero-order valence-corrected chi connectivity index (χ0v) is 9.65. The number of para-hydroxylation sites is 1. The van der Waals surface area contributed by atoms with E-state index in [0.29, 0.717) is 6.42 Å². The van der Waals surface area contributed by atoms with E-state index in [-0.39, 0.29) is 0 Å². The van der Waals surface area contributed by atoms with Crippen molar-refractivity contribution in [2.45, 2.75) is 25.7 Å². The molecule has 1 aromatic heterocycles. The number of unbranched alkanes of at least 4 members (excludes halogenated alkanes) is 2. The first kappa shape index (κ1) is 10.9. The second-order valence-corrected chi connectivity index (χ2v) is 4.19. The number of hydrogen-bond donors (Lipinski definition) is 0. The van der Waals surface area contributed by atoms with Crippen LogP contribution in [0.2, 0.25) is 0 Å². The lowest BCUT2D eigenvalue weighted by atomic mass is 10.1. The molecule has 2 aromatic rings. The highest BCUT2D eigenvalue weighted by Gasteiger charge is 2.04. The van der Waals surface area contributed by atoms with E-state index in [2.05, 4.69) is 42.1 Å². The monoisotopic (exact) mass is 215 g/mol. The van der Waals surface area contributed by atoms with E-state index in [9.17, 15) is 4.79 Å². The summed E-state index contributed by atoms with van der Waals surface area (Å²) in [5.74, 6) is 0. The van der Waals surface area contributed by atoms with Gasteiger partial charge in [0.15, 0.2) is 0 Å². The van der Waals surface area contributed by atoms with E-state index in [1.165, 1.54) is 16.5 Å². The molecular formula is C14H17NO. The molecule has 1 aromatic carbocycles. The quantitative estimate of drug-likeness (QED) is 0.555. The summed E-state index contributed by atoms with van der Waals surface area (Å²) in [7, 11) is 2.08. The minimum Gasteiger partial charge on any atom is -0.350 e. The van der Waals surface area contributed by atoms with Gasteiger partial charge in [-0.2, -0.15) is 0 Å². The first-order chi connectivity index (χ1) is 7.83. The molecule has 0 N–H and O–H groups in total. The Labute approximate surface area is 95.9 Å². The van der Waals surface area contributed by atoms with Crippen molar-refractivity contribution in [1.29, 1.82) is 0 Å². The fourth-order valence-corrected chi connectivity index (χ4v) is 2.17. The average Bonchev–Trinajstić information content (AvgIpc) is 2.63. The van der Waals surface area contributed by atoms with Crippen LogP contribution in [0.15, 0.2) is 30.5 Å². The topological polar surface area (TPSA) is 22.0 Å². The number of aryl methyl sites for hydroxylation is 2. The molecule has 84 valence electrons. The smallest absolute Gasteiger partial charge is 0.119 e. The van der Waals surface area contributed by atoms with Gasteiger partial charge in [0, 0.05) is 30.6 Å². The molecule has 0 bridgehead atoms.